The van der Waals surface area contributed by atoms with Crippen LogP contribution in [0.15, 0.2) is 0 Å². The highest BCUT2D eigenvalue weighted by molar-refractivity contribution is 7.05. The highest BCUT2D eigenvalue weighted by Crippen LogP contribution is 2.37. The summed E-state index contributed by atoms with van der Waals surface area (Å²) in [5.41, 5.74) is 1.19. The molecule has 1 unspecified atom stereocenters. The number of rotatable bonds is 6. The second-order valence-corrected chi connectivity index (χ2v) is 6.11. The minimum atomic E-state index is 0.475. The Balaban J connectivity index is 2.09. The normalized spacial score (nSPS) is 18.4. The quantitative estimate of drug-likeness (QED) is 0.843. The molecule has 1 aliphatic carbocycles. The van der Waals surface area contributed by atoms with E-state index < -0.39 is 0 Å². The molecule has 1 atom stereocenters. The molecule has 1 fully saturated rings. The summed E-state index contributed by atoms with van der Waals surface area (Å²) in [4.78, 5) is 1.37. The summed E-state index contributed by atoms with van der Waals surface area (Å²) in [6.07, 6.45) is 5.50. The first-order valence-electron chi connectivity index (χ1n) is 6.77. The average Bonchev–Trinajstić information content (AvgIpc) is 2.70. The van der Waals surface area contributed by atoms with Crippen molar-refractivity contribution in [2.24, 2.45) is 5.92 Å². The van der Waals surface area contributed by atoms with Crippen molar-refractivity contribution in [3.8, 4) is 0 Å². The van der Waals surface area contributed by atoms with Gasteiger partial charge in [0.2, 0.25) is 0 Å². The lowest BCUT2D eigenvalue weighted by atomic mass is 9.80. The van der Waals surface area contributed by atoms with Gasteiger partial charge in [0, 0.05) is 6.04 Å². The van der Waals surface area contributed by atoms with Gasteiger partial charge >= 0.3 is 0 Å². The topological polar surface area (TPSA) is 37.8 Å². The van der Waals surface area contributed by atoms with Crippen LogP contribution in [0.1, 0.15) is 69.0 Å². The van der Waals surface area contributed by atoms with E-state index >= 15 is 0 Å². The Labute approximate surface area is 108 Å². The molecule has 0 aliphatic heterocycles. The van der Waals surface area contributed by atoms with Crippen molar-refractivity contribution in [3.05, 3.63) is 10.6 Å². The molecule has 0 saturated heterocycles. The van der Waals surface area contributed by atoms with Gasteiger partial charge in [-0.15, -0.1) is 5.10 Å². The minimum absolute atomic E-state index is 0.475. The van der Waals surface area contributed by atoms with Crippen LogP contribution in [-0.2, 0) is 0 Å². The third-order valence-electron chi connectivity index (χ3n) is 3.65. The molecule has 1 aliphatic rings. The molecule has 0 radical (unpaired) electrons. The minimum Gasteiger partial charge on any atom is -0.309 e. The van der Waals surface area contributed by atoms with Gasteiger partial charge in [0.1, 0.15) is 0 Å². The molecule has 0 spiro atoms. The van der Waals surface area contributed by atoms with Gasteiger partial charge in [-0.25, -0.2) is 0 Å². The molecule has 1 heterocycles. The zero-order valence-electron chi connectivity index (χ0n) is 11.1. The van der Waals surface area contributed by atoms with Crippen LogP contribution < -0.4 is 5.32 Å². The van der Waals surface area contributed by atoms with Gasteiger partial charge in [-0.1, -0.05) is 44.5 Å². The molecule has 1 aromatic heterocycles. The summed E-state index contributed by atoms with van der Waals surface area (Å²) in [5, 5.41) is 7.91. The number of hydrogen-bond donors (Lipinski definition) is 1. The third-order valence-corrected chi connectivity index (χ3v) is 4.50. The maximum atomic E-state index is 4.30. The van der Waals surface area contributed by atoms with Crippen LogP contribution in [0.3, 0.4) is 0 Å². The Morgan fingerprint density at radius 1 is 1.41 bits per heavy atom. The Kier molecular flexibility index (Phi) is 4.51. The first kappa shape index (κ1) is 13.0. The predicted octanol–water partition coefficient (Wildman–Crippen LogP) is 3.50. The van der Waals surface area contributed by atoms with Crippen LogP contribution in [0.4, 0.5) is 0 Å². The van der Waals surface area contributed by atoms with Crippen molar-refractivity contribution in [3.63, 3.8) is 0 Å². The van der Waals surface area contributed by atoms with E-state index in [2.05, 4.69) is 35.7 Å². The van der Waals surface area contributed by atoms with Gasteiger partial charge < -0.3 is 5.32 Å². The first-order chi connectivity index (χ1) is 8.22. The summed E-state index contributed by atoms with van der Waals surface area (Å²) in [7, 11) is 0. The van der Waals surface area contributed by atoms with E-state index in [0.717, 1.165) is 12.5 Å². The highest BCUT2D eigenvalue weighted by atomic mass is 32.1. The zero-order chi connectivity index (χ0) is 12.3. The van der Waals surface area contributed by atoms with E-state index in [9.17, 15) is 0 Å². The number of nitrogens with one attached hydrogen (secondary N) is 1. The Bertz CT molecular complexity index is 344. The molecule has 0 bridgehead atoms. The largest absolute Gasteiger partial charge is 0.309 e. The van der Waals surface area contributed by atoms with Crippen molar-refractivity contribution >= 4 is 11.5 Å². The van der Waals surface area contributed by atoms with E-state index in [-0.39, 0.29) is 0 Å². The Morgan fingerprint density at radius 2 is 2.18 bits per heavy atom. The van der Waals surface area contributed by atoms with E-state index in [1.807, 2.05) is 0 Å². The first-order valence-corrected chi connectivity index (χ1v) is 7.55. The average molecular weight is 253 g/mol. The Hall–Kier alpha value is -0.480. The van der Waals surface area contributed by atoms with Crippen LogP contribution in [0.2, 0.25) is 0 Å². The molecule has 0 amide bonds. The number of aromatic nitrogens is 2. The van der Waals surface area contributed by atoms with Crippen LogP contribution in [0.5, 0.6) is 0 Å². The van der Waals surface area contributed by atoms with Crippen molar-refractivity contribution < 1.29 is 0 Å². The molecule has 0 aromatic carbocycles. The van der Waals surface area contributed by atoms with Gasteiger partial charge in [0.05, 0.1) is 10.6 Å². The summed E-state index contributed by atoms with van der Waals surface area (Å²) in [6, 6.07) is 0.475. The fourth-order valence-corrected chi connectivity index (χ4v) is 3.33. The predicted molar refractivity (Wildman–Crippen MR) is 72.4 cm³/mol. The van der Waals surface area contributed by atoms with Crippen molar-refractivity contribution in [1.82, 2.24) is 14.9 Å². The fraction of sp³-hybridized carbons (Fsp3) is 0.846. The zero-order valence-corrected chi connectivity index (χ0v) is 11.9. The molecule has 17 heavy (non-hydrogen) atoms. The molecule has 1 N–H and O–H groups in total. The lowest BCUT2D eigenvalue weighted by Gasteiger charge is -2.30. The summed E-state index contributed by atoms with van der Waals surface area (Å²) >= 11 is 1.58. The van der Waals surface area contributed by atoms with Gasteiger partial charge in [-0.2, -0.15) is 0 Å². The van der Waals surface area contributed by atoms with Crippen LogP contribution in [0, 0.1) is 5.92 Å². The van der Waals surface area contributed by atoms with E-state index in [4.69, 9.17) is 0 Å². The van der Waals surface area contributed by atoms with Crippen LogP contribution >= 0.6 is 11.5 Å². The number of nitrogens with zero attached hydrogens (tertiary/aromatic N) is 2. The standard InChI is InChI=1S/C13H23N3S/c1-4-14-11(8-10-6-5-7-10)13-12(9(2)3)15-16-17-13/h9-11,14H,4-8H2,1-3H3. The second-order valence-electron chi connectivity index (χ2n) is 5.32. The molecule has 4 heteroatoms. The number of hydrogen-bond acceptors (Lipinski definition) is 4. The lowest BCUT2D eigenvalue weighted by Crippen LogP contribution is -2.26. The summed E-state index contributed by atoms with van der Waals surface area (Å²) in [5.74, 6) is 1.40. The molecule has 1 aromatic rings. The Morgan fingerprint density at radius 3 is 2.71 bits per heavy atom. The van der Waals surface area contributed by atoms with Gasteiger partial charge in [-0.05, 0) is 36.3 Å². The van der Waals surface area contributed by atoms with Crippen molar-refractivity contribution in [2.45, 2.75) is 58.4 Å². The van der Waals surface area contributed by atoms with E-state index in [1.165, 1.54) is 36.3 Å². The van der Waals surface area contributed by atoms with Crippen molar-refractivity contribution in [2.75, 3.05) is 6.54 Å². The second kappa shape index (κ2) is 5.91. The van der Waals surface area contributed by atoms with Gasteiger partial charge in [0.15, 0.2) is 0 Å². The van der Waals surface area contributed by atoms with Crippen LogP contribution in [-0.4, -0.2) is 16.1 Å². The molecular weight excluding hydrogens is 230 g/mol. The molecule has 96 valence electrons. The maximum absolute atomic E-state index is 4.30. The van der Waals surface area contributed by atoms with Gasteiger partial charge in [0.25, 0.3) is 0 Å². The SMILES string of the molecule is CCNC(CC1CCC1)c1snnc1C(C)C. The molecule has 1 saturated carbocycles. The molecular formula is C13H23N3S. The van der Waals surface area contributed by atoms with E-state index in [0.29, 0.717) is 12.0 Å². The lowest BCUT2D eigenvalue weighted by molar-refractivity contribution is 0.263. The molecule has 3 nitrogen and oxygen atoms in total. The monoisotopic (exact) mass is 253 g/mol. The summed E-state index contributed by atoms with van der Waals surface area (Å²) in [6.45, 7) is 7.60. The highest BCUT2D eigenvalue weighted by Gasteiger charge is 2.26. The smallest absolute Gasteiger partial charge is 0.0829 e. The molecule has 2 rings (SSSR count). The maximum Gasteiger partial charge on any atom is 0.0829 e. The van der Waals surface area contributed by atoms with E-state index in [1.54, 1.807) is 11.5 Å². The third kappa shape index (κ3) is 3.05. The fourth-order valence-electron chi connectivity index (χ4n) is 2.44. The van der Waals surface area contributed by atoms with Crippen molar-refractivity contribution in [1.29, 1.82) is 0 Å². The van der Waals surface area contributed by atoms with Gasteiger partial charge in [-0.3, -0.25) is 0 Å². The van der Waals surface area contributed by atoms with Crippen LogP contribution in [0.25, 0.3) is 0 Å². The summed E-state index contributed by atoms with van der Waals surface area (Å²) < 4.78 is 4.15.